The summed E-state index contributed by atoms with van der Waals surface area (Å²) in [7, 11) is 0. The first-order valence-electron chi connectivity index (χ1n) is 8.85. The number of nitrogens with zero attached hydrogens (tertiary/aromatic N) is 3. The quantitative estimate of drug-likeness (QED) is 0.769. The molecule has 0 spiro atoms. The molecule has 0 saturated carbocycles. The predicted molar refractivity (Wildman–Crippen MR) is 93.6 cm³/mol. The fraction of sp³-hybridized carbons (Fsp3) is 0.500. The number of aryl methyl sites for hydroxylation is 1. The summed E-state index contributed by atoms with van der Waals surface area (Å²) in [6, 6.07) is 9.56. The molecule has 0 saturated heterocycles. The molecule has 0 fully saturated rings. The van der Waals surface area contributed by atoms with Gasteiger partial charge in [-0.2, -0.15) is 5.10 Å². The van der Waals surface area contributed by atoms with Gasteiger partial charge in [-0.15, -0.1) is 0 Å². The summed E-state index contributed by atoms with van der Waals surface area (Å²) < 4.78 is 8.55. The number of para-hydroxylation sites is 1. The van der Waals surface area contributed by atoms with E-state index in [4.69, 9.17) is 4.74 Å². The maximum absolute atomic E-state index is 12.3. The molecule has 1 aliphatic rings. The molecule has 7 heteroatoms. The second-order valence-corrected chi connectivity index (χ2v) is 6.18. The smallest absolute Gasteiger partial charge is 0.346 e. The zero-order valence-corrected chi connectivity index (χ0v) is 14.3. The minimum Gasteiger partial charge on any atom is -0.494 e. The molecule has 1 amide bonds. The van der Waals surface area contributed by atoms with Gasteiger partial charge < -0.3 is 10.1 Å². The Morgan fingerprint density at radius 2 is 2.04 bits per heavy atom. The minimum atomic E-state index is -0.199. The predicted octanol–water partition coefficient (Wildman–Crippen LogP) is 1.36. The van der Waals surface area contributed by atoms with Crippen LogP contribution in [-0.4, -0.2) is 33.4 Å². The van der Waals surface area contributed by atoms with E-state index in [1.165, 1.54) is 4.68 Å². The summed E-state index contributed by atoms with van der Waals surface area (Å²) in [6.07, 6.45) is 4.67. The molecule has 134 valence electrons. The van der Waals surface area contributed by atoms with Crippen molar-refractivity contribution >= 4 is 5.91 Å². The lowest BCUT2D eigenvalue weighted by Gasteiger charge is -2.07. The number of benzene rings is 1. The number of aromatic nitrogens is 3. The first-order chi connectivity index (χ1) is 12.2. The number of carbonyl (C=O) groups excluding carboxylic acids is 1. The summed E-state index contributed by atoms with van der Waals surface area (Å²) >= 11 is 0. The normalized spacial score (nSPS) is 13.8. The van der Waals surface area contributed by atoms with Gasteiger partial charge in [0.25, 0.3) is 0 Å². The molecule has 25 heavy (non-hydrogen) atoms. The third-order valence-corrected chi connectivity index (χ3v) is 4.23. The molecule has 1 aromatic carbocycles. The van der Waals surface area contributed by atoms with Crippen LogP contribution in [0.4, 0.5) is 0 Å². The lowest BCUT2D eigenvalue weighted by atomic mass is 10.2. The first kappa shape index (κ1) is 17.3. The zero-order chi connectivity index (χ0) is 17.5. The standard InChI is InChI=1S/C18H24N4O3/c23-17(19-11-7-13-25-15-8-3-1-4-9-15)14-22-18(24)21-12-6-2-5-10-16(21)20-22/h1,3-4,8-9H,2,5-7,10-14H2,(H,19,23). The van der Waals surface area contributed by atoms with E-state index in [-0.39, 0.29) is 18.1 Å². The Hall–Kier alpha value is -2.57. The number of rotatable bonds is 7. The Labute approximate surface area is 146 Å². The Kier molecular flexibility index (Phi) is 5.87. The average molecular weight is 344 g/mol. The number of nitrogens with one attached hydrogen (secondary N) is 1. The third-order valence-electron chi connectivity index (χ3n) is 4.23. The number of amides is 1. The molecule has 0 bridgehead atoms. The Morgan fingerprint density at radius 3 is 2.88 bits per heavy atom. The van der Waals surface area contributed by atoms with Gasteiger partial charge in [0.2, 0.25) is 5.91 Å². The van der Waals surface area contributed by atoms with Crippen LogP contribution in [0.1, 0.15) is 31.5 Å². The van der Waals surface area contributed by atoms with Crippen LogP contribution in [0.2, 0.25) is 0 Å². The SMILES string of the molecule is O=C(Cn1nc2n(c1=O)CCCCC2)NCCCOc1ccccc1. The molecule has 2 aromatic rings. The highest BCUT2D eigenvalue weighted by Gasteiger charge is 2.16. The summed E-state index contributed by atoms with van der Waals surface area (Å²) in [5.41, 5.74) is -0.181. The van der Waals surface area contributed by atoms with Gasteiger partial charge >= 0.3 is 5.69 Å². The van der Waals surface area contributed by atoms with Gasteiger partial charge in [-0.05, 0) is 31.4 Å². The lowest BCUT2D eigenvalue weighted by Crippen LogP contribution is -2.34. The van der Waals surface area contributed by atoms with Crippen molar-refractivity contribution in [1.29, 1.82) is 0 Å². The van der Waals surface area contributed by atoms with Crippen molar-refractivity contribution < 1.29 is 9.53 Å². The van der Waals surface area contributed by atoms with E-state index in [1.54, 1.807) is 4.57 Å². The molecule has 0 radical (unpaired) electrons. The van der Waals surface area contributed by atoms with Crippen molar-refractivity contribution in [1.82, 2.24) is 19.7 Å². The molecule has 7 nitrogen and oxygen atoms in total. The number of carbonyl (C=O) groups is 1. The van der Waals surface area contributed by atoms with Gasteiger partial charge in [0, 0.05) is 19.5 Å². The van der Waals surface area contributed by atoms with Gasteiger partial charge in [-0.1, -0.05) is 24.6 Å². The van der Waals surface area contributed by atoms with E-state index >= 15 is 0 Å². The number of fused-ring (bicyclic) bond motifs is 1. The first-order valence-corrected chi connectivity index (χ1v) is 8.85. The molecular formula is C18H24N4O3. The van der Waals surface area contributed by atoms with Gasteiger partial charge in [0.1, 0.15) is 18.1 Å². The maximum atomic E-state index is 12.3. The van der Waals surface area contributed by atoms with Crippen molar-refractivity contribution in [2.45, 2.75) is 45.2 Å². The van der Waals surface area contributed by atoms with Crippen LogP contribution in [0.25, 0.3) is 0 Å². The second kappa shape index (κ2) is 8.50. The fourth-order valence-electron chi connectivity index (χ4n) is 2.93. The largest absolute Gasteiger partial charge is 0.494 e. The van der Waals surface area contributed by atoms with Gasteiger partial charge in [0.05, 0.1) is 6.61 Å². The molecule has 0 unspecified atom stereocenters. The van der Waals surface area contributed by atoms with Crippen LogP contribution < -0.4 is 15.7 Å². The maximum Gasteiger partial charge on any atom is 0.346 e. The molecule has 2 heterocycles. The highest BCUT2D eigenvalue weighted by Crippen LogP contribution is 2.10. The summed E-state index contributed by atoms with van der Waals surface area (Å²) in [4.78, 5) is 24.3. The van der Waals surface area contributed by atoms with Gasteiger partial charge in [-0.25, -0.2) is 9.48 Å². The molecule has 1 N–H and O–H groups in total. The van der Waals surface area contributed by atoms with Crippen LogP contribution in [0.3, 0.4) is 0 Å². The van der Waals surface area contributed by atoms with Crippen molar-refractivity contribution in [2.75, 3.05) is 13.2 Å². The number of ether oxygens (including phenoxy) is 1. The summed E-state index contributed by atoms with van der Waals surface area (Å²) in [6.45, 7) is 1.71. The van der Waals surface area contributed by atoms with E-state index in [1.807, 2.05) is 30.3 Å². The van der Waals surface area contributed by atoms with Crippen LogP contribution in [0.15, 0.2) is 35.1 Å². The van der Waals surface area contributed by atoms with Crippen LogP contribution >= 0.6 is 0 Å². The summed E-state index contributed by atoms with van der Waals surface area (Å²) in [5, 5.41) is 7.13. The third kappa shape index (κ3) is 4.71. The van der Waals surface area contributed by atoms with E-state index in [2.05, 4.69) is 10.4 Å². The van der Waals surface area contributed by atoms with Crippen LogP contribution in [0, 0.1) is 0 Å². The number of hydrogen-bond donors (Lipinski definition) is 1. The van der Waals surface area contributed by atoms with Crippen molar-refractivity contribution in [3.63, 3.8) is 0 Å². The van der Waals surface area contributed by atoms with E-state index < -0.39 is 0 Å². The highest BCUT2D eigenvalue weighted by molar-refractivity contribution is 5.75. The molecule has 1 aliphatic heterocycles. The van der Waals surface area contributed by atoms with Crippen LogP contribution in [-0.2, 0) is 24.3 Å². The molecule has 0 aliphatic carbocycles. The van der Waals surface area contributed by atoms with Crippen molar-refractivity contribution in [3.05, 3.63) is 46.6 Å². The van der Waals surface area contributed by atoms with Crippen molar-refractivity contribution in [2.24, 2.45) is 0 Å². The Bertz CT molecular complexity index is 751. The van der Waals surface area contributed by atoms with E-state index in [9.17, 15) is 9.59 Å². The van der Waals surface area contributed by atoms with E-state index in [0.29, 0.717) is 26.1 Å². The molecule has 0 atom stereocenters. The Balaban J connectivity index is 1.41. The van der Waals surface area contributed by atoms with Gasteiger partial charge in [-0.3, -0.25) is 9.36 Å². The van der Waals surface area contributed by atoms with Gasteiger partial charge in [0.15, 0.2) is 0 Å². The summed E-state index contributed by atoms with van der Waals surface area (Å²) in [5.74, 6) is 1.42. The average Bonchev–Trinajstić information content (AvgIpc) is 2.78. The topological polar surface area (TPSA) is 78.2 Å². The Morgan fingerprint density at radius 1 is 1.20 bits per heavy atom. The second-order valence-electron chi connectivity index (χ2n) is 6.18. The van der Waals surface area contributed by atoms with Crippen LogP contribution in [0.5, 0.6) is 5.75 Å². The number of hydrogen-bond acceptors (Lipinski definition) is 4. The monoisotopic (exact) mass is 344 g/mol. The van der Waals surface area contributed by atoms with E-state index in [0.717, 1.165) is 37.3 Å². The fourth-order valence-corrected chi connectivity index (χ4v) is 2.93. The molecule has 3 rings (SSSR count). The highest BCUT2D eigenvalue weighted by atomic mass is 16.5. The zero-order valence-electron chi connectivity index (χ0n) is 14.3. The minimum absolute atomic E-state index is 0.0294. The molecular weight excluding hydrogens is 320 g/mol. The molecule has 1 aromatic heterocycles. The van der Waals surface area contributed by atoms with Crippen molar-refractivity contribution in [3.8, 4) is 5.75 Å². The lowest BCUT2D eigenvalue weighted by molar-refractivity contribution is -0.121.